The summed E-state index contributed by atoms with van der Waals surface area (Å²) in [4.78, 5) is 23.3. The van der Waals surface area contributed by atoms with E-state index in [1.54, 1.807) is 0 Å². The number of hydrogen-bond donors (Lipinski definition) is 3. The molecule has 1 unspecified atom stereocenters. The number of carbonyl (C=O) groups excluding carboxylic acids is 2. The van der Waals surface area contributed by atoms with Crippen LogP contribution >= 0.6 is 12.4 Å². The van der Waals surface area contributed by atoms with Gasteiger partial charge in [-0.05, 0) is 17.9 Å². The van der Waals surface area contributed by atoms with Crippen molar-refractivity contribution in [2.24, 2.45) is 11.8 Å². The molecule has 21 heavy (non-hydrogen) atoms. The first-order valence-electron chi connectivity index (χ1n) is 6.66. The molecule has 0 bridgehead atoms. The topological polar surface area (TPSA) is 93.5 Å². The molecule has 6 nitrogen and oxygen atoms in total. The molecule has 0 spiro atoms. The van der Waals surface area contributed by atoms with Crippen molar-refractivity contribution in [2.45, 2.75) is 31.9 Å². The Morgan fingerprint density at radius 2 is 1.95 bits per heavy atom. The molecule has 1 saturated carbocycles. The molecule has 2 amide bonds. The van der Waals surface area contributed by atoms with Crippen LogP contribution in [-0.4, -0.2) is 18.0 Å². The zero-order valence-corrected chi connectivity index (χ0v) is 12.4. The zero-order valence-electron chi connectivity index (χ0n) is 11.6. The molecule has 1 aliphatic carbocycles. The SMILES string of the molecule is Cl.NNC(=O)C(CC1CC1)NC(=O)OCc1ccccc1. The lowest BCUT2D eigenvalue weighted by Crippen LogP contribution is -2.49. The number of carbonyl (C=O) groups is 2. The van der Waals surface area contributed by atoms with Crippen LogP contribution < -0.4 is 16.6 Å². The van der Waals surface area contributed by atoms with Gasteiger partial charge in [-0.25, -0.2) is 10.6 Å². The first kappa shape index (κ1) is 17.3. The van der Waals surface area contributed by atoms with Crippen molar-refractivity contribution < 1.29 is 14.3 Å². The Bertz CT molecular complexity index is 466. The maximum absolute atomic E-state index is 11.7. The zero-order chi connectivity index (χ0) is 14.4. The predicted octanol–water partition coefficient (Wildman–Crippen LogP) is 1.49. The summed E-state index contributed by atoms with van der Waals surface area (Å²) in [5, 5.41) is 2.56. The minimum Gasteiger partial charge on any atom is -0.445 e. The van der Waals surface area contributed by atoms with E-state index in [9.17, 15) is 9.59 Å². The van der Waals surface area contributed by atoms with Gasteiger partial charge in [-0.1, -0.05) is 43.2 Å². The first-order chi connectivity index (χ1) is 9.69. The molecule has 4 N–H and O–H groups in total. The maximum atomic E-state index is 11.7. The summed E-state index contributed by atoms with van der Waals surface area (Å²) in [6, 6.07) is 8.72. The highest BCUT2D eigenvalue weighted by Gasteiger charge is 2.30. The van der Waals surface area contributed by atoms with Crippen molar-refractivity contribution in [3.05, 3.63) is 35.9 Å². The molecular formula is C14H20ClN3O3. The van der Waals surface area contributed by atoms with Gasteiger partial charge in [0.05, 0.1) is 0 Å². The molecule has 0 saturated heterocycles. The molecule has 1 fully saturated rings. The van der Waals surface area contributed by atoms with E-state index in [4.69, 9.17) is 10.6 Å². The maximum Gasteiger partial charge on any atom is 0.408 e. The van der Waals surface area contributed by atoms with Crippen LogP contribution in [-0.2, 0) is 16.1 Å². The fourth-order valence-electron chi connectivity index (χ4n) is 1.93. The average molecular weight is 314 g/mol. The summed E-state index contributed by atoms with van der Waals surface area (Å²) in [6.45, 7) is 0.174. The van der Waals surface area contributed by atoms with Gasteiger partial charge in [0.2, 0.25) is 0 Å². The minimum atomic E-state index is -0.629. The Morgan fingerprint density at radius 1 is 1.29 bits per heavy atom. The molecule has 1 aromatic carbocycles. The molecule has 0 radical (unpaired) electrons. The molecule has 1 aromatic rings. The number of rotatable bonds is 6. The summed E-state index contributed by atoms with van der Waals surface area (Å²) < 4.78 is 5.08. The standard InChI is InChI=1S/C14H19N3O3.ClH/c15-17-13(18)12(8-10-6-7-10)16-14(19)20-9-11-4-2-1-3-5-11;/h1-5,10,12H,6-9,15H2,(H,16,19)(H,17,18);1H. The van der Waals surface area contributed by atoms with Gasteiger partial charge in [-0.15, -0.1) is 12.4 Å². The first-order valence-corrected chi connectivity index (χ1v) is 6.66. The summed E-state index contributed by atoms with van der Waals surface area (Å²) in [5.41, 5.74) is 2.96. The van der Waals surface area contributed by atoms with Gasteiger partial charge in [-0.3, -0.25) is 10.2 Å². The second-order valence-electron chi connectivity index (χ2n) is 4.95. The van der Waals surface area contributed by atoms with Crippen LogP contribution in [0.15, 0.2) is 30.3 Å². The molecule has 0 aromatic heterocycles. The van der Waals surface area contributed by atoms with Crippen molar-refractivity contribution in [1.29, 1.82) is 0 Å². The van der Waals surface area contributed by atoms with Crippen LogP contribution in [0.5, 0.6) is 0 Å². The molecule has 1 aliphatic rings. The van der Waals surface area contributed by atoms with Crippen LogP contribution in [0.1, 0.15) is 24.8 Å². The number of amides is 2. The normalized spacial score (nSPS) is 14.5. The number of hydrogen-bond acceptors (Lipinski definition) is 4. The van der Waals surface area contributed by atoms with E-state index in [1.807, 2.05) is 30.3 Å². The fraction of sp³-hybridized carbons (Fsp3) is 0.429. The highest BCUT2D eigenvalue weighted by Crippen LogP contribution is 2.33. The molecule has 7 heteroatoms. The average Bonchev–Trinajstić information content (AvgIpc) is 3.28. The molecule has 2 rings (SSSR count). The number of hydrazine groups is 1. The minimum absolute atomic E-state index is 0. The van der Waals surface area contributed by atoms with E-state index in [0.717, 1.165) is 18.4 Å². The Hall–Kier alpha value is -1.79. The van der Waals surface area contributed by atoms with Gasteiger partial charge in [0, 0.05) is 0 Å². The van der Waals surface area contributed by atoms with Gasteiger partial charge >= 0.3 is 6.09 Å². The van der Waals surface area contributed by atoms with Crippen molar-refractivity contribution in [1.82, 2.24) is 10.7 Å². The van der Waals surface area contributed by atoms with Crippen molar-refractivity contribution in [3.8, 4) is 0 Å². The smallest absolute Gasteiger partial charge is 0.408 e. The predicted molar refractivity (Wildman–Crippen MR) is 80.5 cm³/mol. The molecule has 0 aliphatic heterocycles. The van der Waals surface area contributed by atoms with E-state index in [-0.39, 0.29) is 19.0 Å². The van der Waals surface area contributed by atoms with E-state index in [0.29, 0.717) is 12.3 Å². The molecule has 0 heterocycles. The summed E-state index contributed by atoms with van der Waals surface area (Å²) in [6.07, 6.45) is 2.18. The lowest BCUT2D eigenvalue weighted by atomic mass is 10.1. The lowest BCUT2D eigenvalue weighted by molar-refractivity contribution is -0.123. The van der Waals surface area contributed by atoms with E-state index < -0.39 is 18.0 Å². The van der Waals surface area contributed by atoms with Crippen LogP contribution in [0.2, 0.25) is 0 Å². The largest absolute Gasteiger partial charge is 0.445 e. The molecular weight excluding hydrogens is 294 g/mol. The Kier molecular flexibility index (Phi) is 6.98. The Labute approximate surface area is 129 Å². The van der Waals surface area contributed by atoms with Crippen LogP contribution in [0.3, 0.4) is 0 Å². The van der Waals surface area contributed by atoms with Gasteiger partial charge in [0.25, 0.3) is 5.91 Å². The van der Waals surface area contributed by atoms with E-state index in [1.165, 1.54) is 0 Å². The van der Waals surface area contributed by atoms with E-state index >= 15 is 0 Å². The third-order valence-electron chi connectivity index (χ3n) is 3.23. The summed E-state index contributed by atoms with van der Waals surface area (Å²) in [7, 11) is 0. The van der Waals surface area contributed by atoms with Crippen LogP contribution in [0.4, 0.5) is 4.79 Å². The monoisotopic (exact) mass is 313 g/mol. The van der Waals surface area contributed by atoms with Crippen LogP contribution in [0, 0.1) is 5.92 Å². The molecule has 1 atom stereocenters. The highest BCUT2D eigenvalue weighted by atomic mass is 35.5. The van der Waals surface area contributed by atoms with Crippen molar-refractivity contribution in [2.75, 3.05) is 0 Å². The lowest BCUT2D eigenvalue weighted by Gasteiger charge is -2.16. The third kappa shape index (κ3) is 6.01. The molecule has 116 valence electrons. The van der Waals surface area contributed by atoms with Crippen molar-refractivity contribution >= 4 is 24.4 Å². The number of halogens is 1. The summed E-state index contributed by atoms with van der Waals surface area (Å²) >= 11 is 0. The second-order valence-corrected chi connectivity index (χ2v) is 4.95. The third-order valence-corrected chi connectivity index (χ3v) is 3.23. The number of nitrogens with two attached hydrogens (primary N) is 1. The number of benzene rings is 1. The Morgan fingerprint density at radius 3 is 2.52 bits per heavy atom. The number of ether oxygens (including phenoxy) is 1. The van der Waals surface area contributed by atoms with Gasteiger partial charge in [0.15, 0.2) is 0 Å². The van der Waals surface area contributed by atoms with Crippen LogP contribution in [0.25, 0.3) is 0 Å². The van der Waals surface area contributed by atoms with Gasteiger partial charge in [0.1, 0.15) is 12.6 Å². The van der Waals surface area contributed by atoms with Gasteiger partial charge in [-0.2, -0.15) is 0 Å². The summed E-state index contributed by atoms with van der Waals surface area (Å²) in [5.74, 6) is 5.22. The second kappa shape index (κ2) is 8.49. The number of alkyl carbamates (subject to hydrolysis) is 1. The highest BCUT2D eigenvalue weighted by molar-refractivity contribution is 5.85. The van der Waals surface area contributed by atoms with Gasteiger partial charge < -0.3 is 10.1 Å². The fourth-order valence-corrected chi connectivity index (χ4v) is 1.93. The quantitative estimate of drug-likeness (QED) is 0.421. The number of nitrogens with one attached hydrogen (secondary N) is 2. The van der Waals surface area contributed by atoms with E-state index in [2.05, 4.69) is 10.7 Å². The Balaban J connectivity index is 0.00000220. The van der Waals surface area contributed by atoms with Crippen molar-refractivity contribution in [3.63, 3.8) is 0 Å².